The Bertz CT molecular complexity index is 700. The predicted octanol–water partition coefficient (Wildman–Crippen LogP) is 3.87. The lowest BCUT2D eigenvalue weighted by Crippen LogP contribution is -2.61. The SMILES string of the molecule is CC(C)(C)OC(=O)N1CCN(C(=O)O)CC1CNC(C)(C)c1ccc(Br)cc1. The van der Waals surface area contributed by atoms with Gasteiger partial charge in [-0.05, 0) is 52.3 Å². The number of carbonyl (C=O) groups is 2. The van der Waals surface area contributed by atoms with E-state index in [1.54, 1.807) is 4.90 Å². The highest BCUT2D eigenvalue weighted by Crippen LogP contribution is 2.23. The minimum atomic E-state index is -0.971. The van der Waals surface area contributed by atoms with Crippen LogP contribution in [0.3, 0.4) is 0 Å². The maximum Gasteiger partial charge on any atom is 0.410 e. The van der Waals surface area contributed by atoms with E-state index in [2.05, 4.69) is 35.1 Å². The first-order chi connectivity index (χ1) is 12.9. The molecule has 0 aromatic heterocycles. The van der Waals surface area contributed by atoms with Crippen molar-refractivity contribution in [3.63, 3.8) is 0 Å². The van der Waals surface area contributed by atoms with Gasteiger partial charge in [0.2, 0.25) is 0 Å². The largest absolute Gasteiger partial charge is 0.465 e. The zero-order valence-electron chi connectivity index (χ0n) is 17.2. The lowest BCUT2D eigenvalue weighted by molar-refractivity contribution is -0.000911. The fourth-order valence-corrected chi connectivity index (χ4v) is 3.37. The Morgan fingerprint density at radius 2 is 1.79 bits per heavy atom. The van der Waals surface area contributed by atoms with Crippen molar-refractivity contribution < 1.29 is 19.4 Å². The predicted molar refractivity (Wildman–Crippen MR) is 111 cm³/mol. The molecule has 2 amide bonds. The van der Waals surface area contributed by atoms with Gasteiger partial charge in [-0.25, -0.2) is 9.59 Å². The molecule has 156 valence electrons. The highest BCUT2D eigenvalue weighted by molar-refractivity contribution is 9.10. The average molecular weight is 456 g/mol. The molecule has 2 rings (SSSR count). The highest BCUT2D eigenvalue weighted by atomic mass is 79.9. The number of hydrogen-bond acceptors (Lipinski definition) is 4. The fraction of sp³-hybridized carbons (Fsp3) is 0.600. The molecule has 0 saturated carbocycles. The van der Waals surface area contributed by atoms with E-state index in [0.29, 0.717) is 13.1 Å². The van der Waals surface area contributed by atoms with Crippen LogP contribution in [0, 0.1) is 0 Å². The van der Waals surface area contributed by atoms with Crippen molar-refractivity contribution in [3.05, 3.63) is 34.3 Å². The molecule has 0 spiro atoms. The third kappa shape index (κ3) is 6.10. The van der Waals surface area contributed by atoms with Crippen LogP contribution in [0.15, 0.2) is 28.7 Å². The number of nitrogens with one attached hydrogen (secondary N) is 1. The van der Waals surface area contributed by atoms with Gasteiger partial charge in [0, 0.05) is 36.2 Å². The van der Waals surface area contributed by atoms with Gasteiger partial charge in [-0.1, -0.05) is 28.1 Å². The molecule has 1 fully saturated rings. The van der Waals surface area contributed by atoms with Gasteiger partial charge in [-0.2, -0.15) is 0 Å². The Balaban J connectivity index is 2.12. The van der Waals surface area contributed by atoms with Gasteiger partial charge in [0.1, 0.15) is 5.60 Å². The molecule has 1 aromatic rings. The van der Waals surface area contributed by atoms with Gasteiger partial charge in [0.25, 0.3) is 0 Å². The Kier molecular flexibility index (Phi) is 6.98. The van der Waals surface area contributed by atoms with Crippen LogP contribution >= 0.6 is 15.9 Å². The summed E-state index contributed by atoms with van der Waals surface area (Å²) in [5, 5.41) is 12.9. The summed E-state index contributed by atoms with van der Waals surface area (Å²) in [5.41, 5.74) is 0.159. The third-order valence-electron chi connectivity index (χ3n) is 4.73. The first-order valence-corrected chi connectivity index (χ1v) is 10.2. The molecule has 7 nitrogen and oxygen atoms in total. The van der Waals surface area contributed by atoms with Crippen LogP contribution in [0.4, 0.5) is 9.59 Å². The second-order valence-electron chi connectivity index (χ2n) is 8.57. The Morgan fingerprint density at radius 3 is 2.32 bits per heavy atom. The van der Waals surface area contributed by atoms with Gasteiger partial charge in [0.15, 0.2) is 0 Å². The number of carbonyl (C=O) groups excluding carboxylic acids is 1. The van der Waals surface area contributed by atoms with E-state index in [1.165, 1.54) is 4.90 Å². The molecule has 0 aliphatic carbocycles. The average Bonchev–Trinajstić information content (AvgIpc) is 2.58. The molecule has 1 unspecified atom stereocenters. The van der Waals surface area contributed by atoms with Crippen LogP contribution in [-0.4, -0.2) is 64.9 Å². The van der Waals surface area contributed by atoms with Crippen LogP contribution in [0.1, 0.15) is 40.2 Å². The molecule has 2 N–H and O–H groups in total. The minimum absolute atomic E-state index is 0.248. The van der Waals surface area contributed by atoms with E-state index in [4.69, 9.17) is 4.74 Å². The number of carboxylic acid groups (broad SMARTS) is 1. The van der Waals surface area contributed by atoms with Crippen LogP contribution < -0.4 is 5.32 Å². The molecular weight excluding hydrogens is 426 g/mol. The maximum absolute atomic E-state index is 12.6. The molecule has 1 aliphatic rings. The van der Waals surface area contributed by atoms with Crippen LogP contribution in [-0.2, 0) is 10.3 Å². The van der Waals surface area contributed by atoms with E-state index < -0.39 is 17.8 Å². The lowest BCUT2D eigenvalue weighted by Gasteiger charge is -2.42. The molecule has 0 bridgehead atoms. The second kappa shape index (κ2) is 8.69. The molecule has 1 atom stereocenters. The second-order valence-corrected chi connectivity index (χ2v) is 9.48. The standard InChI is InChI=1S/C20H30BrN3O4/c1-19(2,3)28-18(27)24-11-10-23(17(25)26)13-16(24)12-22-20(4,5)14-6-8-15(21)9-7-14/h6-9,16,22H,10-13H2,1-5H3,(H,25,26). The number of piperazine rings is 1. The van der Waals surface area contributed by atoms with Crippen molar-refractivity contribution in [2.75, 3.05) is 26.2 Å². The summed E-state index contributed by atoms with van der Waals surface area (Å²) in [4.78, 5) is 27.0. The monoisotopic (exact) mass is 455 g/mol. The molecule has 8 heteroatoms. The van der Waals surface area contributed by atoms with Crippen molar-refractivity contribution in [1.29, 1.82) is 0 Å². The van der Waals surface area contributed by atoms with Gasteiger partial charge in [-0.15, -0.1) is 0 Å². The first kappa shape index (κ1) is 22.5. The maximum atomic E-state index is 12.6. The third-order valence-corrected chi connectivity index (χ3v) is 5.26. The van der Waals surface area contributed by atoms with E-state index >= 15 is 0 Å². The molecule has 0 radical (unpaired) electrons. The summed E-state index contributed by atoms with van der Waals surface area (Å²) in [6, 6.07) is 7.73. The summed E-state index contributed by atoms with van der Waals surface area (Å²) < 4.78 is 6.53. The topological polar surface area (TPSA) is 82.1 Å². The molecule has 28 heavy (non-hydrogen) atoms. The minimum Gasteiger partial charge on any atom is -0.465 e. The van der Waals surface area contributed by atoms with E-state index in [1.807, 2.05) is 45.0 Å². The molecule has 1 aromatic carbocycles. The molecule has 1 heterocycles. The zero-order chi connectivity index (χ0) is 21.1. The number of halogens is 1. The van der Waals surface area contributed by atoms with Crippen LogP contribution in [0.5, 0.6) is 0 Å². The summed E-state index contributed by atoms with van der Waals surface area (Å²) >= 11 is 3.44. The Labute approximate surface area is 175 Å². The summed E-state index contributed by atoms with van der Waals surface area (Å²) in [6.45, 7) is 10.9. The summed E-state index contributed by atoms with van der Waals surface area (Å²) in [6.07, 6.45) is -1.38. The number of benzene rings is 1. The molecule has 1 saturated heterocycles. The molecular formula is C20H30BrN3O4. The van der Waals surface area contributed by atoms with Gasteiger partial charge < -0.3 is 25.0 Å². The van der Waals surface area contributed by atoms with Crippen molar-refractivity contribution in [2.45, 2.75) is 51.8 Å². The zero-order valence-corrected chi connectivity index (χ0v) is 18.7. The van der Waals surface area contributed by atoms with Gasteiger partial charge >= 0.3 is 12.2 Å². The number of rotatable bonds is 4. The van der Waals surface area contributed by atoms with Crippen LogP contribution in [0.25, 0.3) is 0 Å². The van der Waals surface area contributed by atoms with Gasteiger partial charge in [-0.3, -0.25) is 0 Å². The smallest absolute Gasteiger partial charge is 0.410 e. The van der Waals surface area contributed by atoms with Crippen molar-refractivity contribution in [2.24, 2.45) is 0 Å². The summed E-state index contributed by atoms with van der Waals surface area (Å²) in [7, 11) is 0. The number of hydrogen-bond donors (Lipinski definition) is 2. The van der Waals surface area contributed by atoms with Crippen molar-refractivity contribution in [3.8, 4) is 0 Å². The van der Waals surface area contributed by atoms with Gasteiger partial charge in [0.05, 0.1) is 6.04 Å². The molecule has 1 aliphatic heterocycles. The van der Waals surface area contributed by atoms with E-state index in [0.717, 1.165) is 10.0 Å². The Hall–Kier alpha value is -1.80. The lowest BCUT2D eigenvalue weighted by atomic mass is 9.94. The van der Waals surface area contributed by atoms with E-state index in [9.17, 15) is 14.7 Å². The quantitative estimate of drug-likeness (QED) is 0.719. The highest BCUT2D eigenvalue weighted by Gasteiger charge is 2.35. The summed E-state index contributed by atoms with van der Waals surface area (Å²) in [5.74, 6) is 0. The number of nitrogens with zero attached hydrogens (tertiary/aromatic N) is 2. The normalized spacial score (nSPS) is 18.1. The van der Waals surface area contributed by atoms with Crippen molar-refractivity contribution in [1.82, 2.24) is 15.1 Å². The van der Waals surface area contributed by atoms with Crippen molar-refractivity contribution >= 4 is 28.1 Å². The van der Waals surface area contributed by atoms with E-state index in [-0.39, 0.29) is 24.7 Å². The number of amides is 2. The Morgan fingerprint density at radius 1 is 1.18 bits per heavy atom. The number of ether oxygens (including phenoxy) is 1. The fourth-order valence-electron chi connectivity index (χ4n) is 3.11. The first-order valence-electron chi connectivity index (χ1n) is 9.37. The van der Waals surface area contributed by atoms with Crippen LogP contribution in [0.2, 0.25) is 0 Å².